The van der Waals surface area contributed by atoms with Crippen LogP contribution in [0.3, 0.4) is 0 Å². The van der Waals surface area contributed by atoms with E-state index in [1.165, 1.54) is 12.8 Å². The summed E-state index contributed by atoms with van der Waals surface area (Å²) in [5.41, 5.74) is 3.27. The Kier molecular flexibility index (Phi) is 3.42. The van der Waals surface area contributed by atoms with Crippen molar-refractivity contribution in [1.29, 1.82) is 0 Å². The van der Waals surface area contributed by atoms with Crippen LogP contribution in [0.5, 0.6) is 0 Å². The average molecular weight is 271 g/mol. The van der Waals surface area contributed by atoms with E-state index in [9.17, 15) is 0 Å². The van der Waals surface area contributed by atoms with E-state index in [-0.39, 0.29) is 0 Å². The van der Waals surface area contributed by atoms with Gasteiger partial charge in [0.2, 0.25) is 0 Å². The van der Waals surface area contributed by atoms with Gasteiger partial charge in [-0.2, -0.15) is 5.10 Å². The largest absolute Gasteiger partial charge is 0.370 e. The topological polar surface area (TPSA) is 55.6 Å². The van der Waals surface area contributed by atoms with Gasteiger partial charge in [-0.3, -0.25) is 4.68 Å². The summed E-state index contributed by atoms with van der Waals surface area (Å²) in [5, 5.41) is 7.79. The highest BCUT2D eigenvalue weighted by atomic mass is 15.3. The number of nitrogens with zero attached hydrogens (tertiary/aromatic N) is 4. The molecule has 1 saturated carbocycles. The molecule has 2 aromatic rings. The molecule has 5 nitrogen and oxygen atoms in total. The molecule has 5 heteroatoms. The molecule has 1 fully saturated rings. The number of hydrogen-bond donors (Lipinski definition) is 1. The molecule has 0 radical (unpaired) electrons. The molecular weight excluding hydrogens is 250 g/mol. The van der Waals surface area contributed by atoms with E-state index in [0.29, 0.717) is 5.92 Å². The van der Waals surface area contributed by atoms with Crippen molar-refractivity contribution in [1.82, 2.24) is 19.7 Å². The second-order valence-corrected chi connectivity index (χ2v) is 5.32. The van der Waals surface area contributed by atoms with Crippen molar-refractivity contribution in [3.63, 3.8) is 0 Å². The Balaban J connectivity index is 2.06. The van der Waals surface area contributed by atoms with Crippen LogP contribution in [0.25, 0.3) is 11.4 Å². The van der Waals surface area contributed by atoms with Gasteiger partial charge in [-0.15, -0.1) is 0 Å². The van der Waals surface area contributed by atoms with Crippen molar-refractivity contribution in [2.24, 2.45) is 7.05 Å². The van der Waals surface area contributed by atoms with Gasteiger partial charge in [-0.05, 0) is 26.2 Å². The van der Waals surface area contributed by atoms with Gasteiger partial charge >= 0.3 is 0 Å². The molecule has 0 bridgehead atoms. The van der Waals surface area contributed by atoms with Crippen LogP contribution in [0.1, 0.15) is 44.0 Å². The predicted molar refractivity (Wildman–Crippen MR) is 79.8 cm³/mol. The average Bonchev–Trinajstić information content (AvgIpc) is 3.22. The van der Waals surface area contributed by atoms with Crippen LogP contribution in [0.15, 0.2) is 12.3 Å². The Morgan fingerprint density at radius 2 is 2.10 bits per heavy atom. The Bertz CT molecular complexity index is 613. The van der Waals surface area contributed by atoms with Crippen molar-refractivity contribution in [2.45, 2.75) is 39.0 Å². The predicted octanol–water partition coefficient (Wildman–Crippen LogP) is 2.75. The van der Waals surface area contributed by atoms with E-state index in [1.54, 1.807) is 0 Å². The minimum atomic E-state index is 0.621. The fourth-order valence-corrected chi connectivity index (χ4v) is 2.43. The molecule has 2 heterocycles. The molecule has 0 atom stereocenters. The summed E-state index contributed by atoms with van der Waals surface area (Å²) in [6.45, 7) is 5.07. The lowest BCUT2D eigenvalue weighted by Gasteiger charge is -2.08. The minimum Gasteiger partial charge on any atom is -0.370 e. The number of anilines is 1. The molecule has 0 aromatic carbocycles. The first kappa shape index (κ1) is 13.1. The van der Waals surface area contributed by atoms with Crippen LogP contribution < -0.4 is 5.32 Å². The van der Waals surface area contributed by atoms with E-state index in [1.807, 2.05) is 17.9 Å². The molecular formula is C15H21N5. The first-order valence-corrected chi connectivity index (χ1v) is 7.37. The fourth-order valence-electron chi connectivity index (χ4n) is 2.43. The third-order valence-electron chi connectivity index (χ3n) is 3.58. The highest BCUT2D eigenvalue weighted by molar-refractivity contribution is 5.60. The summed E-state index contributed by atoms with van der Waals surface area (Å²) in [6.07, 6.45) is 5.40. The number of rotatable bonds is 5. The quantitative estimate of drug-likeness (QED) is 0.908. The van der Waals surface area contributed by atoms with Crippen molar-refractivity contribution in [3.05, 3.63) is 23.7 Å². The smallest absolute Gasteiger partial charge is 0.165 e. The highest BCUT2D eigenvalue weighted by Crippen LogP contribution is 2.40. The minimum absolute atomic E-state index is 0.621. The molecule has 0 spiro atoms. The summed E-state index contributed by atoms with van der Waals surface area (Å²) in [5.74, 6) is 2.34. The molecule has 20 heavy (non-hydrogen) atoms. The van der Waals surface area contributed by atoms with E-state index in [2.05, 4.69) is 35.3 Å². The molecule has 3 rings (SSSR count). The van der Waals surface area contributed by atoms with Gasteiger partial charge in [0.15, 0.2) is 5.82 Å². The molecule has 1 N–H and O–H groups in total. The second kappa shape index (κ2) is 5.23. The van der Waals surface area contributed by atoms with E-state index < -0.39 is 0 Å². The van der Waals surface area contributed by atoms with Crippen LogP contribution in [0, 0.1) is 0 Å². The van der Waals surface area contributed by atoms with Crippen molar-refractivity contribution >= 4 is 5.82 Å². The molecule has 2 aromatic heterocycles. The molecule has 0 amide bonds. The molecule has 106 valence electrons. The number of hydrogen-bond acceptors (Lipinski definition) is 4. The molecule has 1 aliphatic rings. The number of aromatic nitrogens is 4. The summed E-state index contributed by atoms with van der Waals surface area (Å²) in [7, 11) is 1.94. The summed E-state index contributed by atoms with van der Waals surface area (Å²) in [4.78, 5) is 9.42. The van der Waals surface area contributed by atoms with Gasteiger partial charge in [0.05, 0.1) is 11.3 Å². The second-order valence-electron chi connectivity index (χ2n) is 5.32. The zero-order valence-corrected chi connectivity index (χ0v) is 12.3. The van der Waals surface area contributed by atoms with E-state index in [0.717, 1.165) is 41.6 Å². The maximum absolute atomic E-state index is 4.77. The highest BCUT2D eigenvalue weighted by Gasteiger charge is 2.26. The third kappa shape index (κ3) is 2.53. The number of nitrogens with one attached hydrogen (secondary N) is 1. The van der Waals surface area contributed by atoms with Gasteiger partial charge in [0.1, 0.15) is 5.82 Å². The maximum atomic E-state index is 4.77. The zero-order chi connectivity index (χ0) is 14.1. The maximum Gasteiger partial charge on any atom is 0.165 e. The lowest BCUT2D eigenvalue weighted by Crippen LogP contribution is -2.04. The standard InChI is InChI=1S/C15H21N5/c1-4-12-11(9-20(3)19-12)15-17-13(10-6-7-10)8-14(18-15)16-5-2/h8-10H,4-7H2,1-3H3,(H,16,17,18). The summed E-state index contributed by atoms with van der Waals surface area (Å²) < 4.78 is 1.84. The molecule has 0 aliphatic heterocycles. The van der Waals surface area contributed by atoms with Crippen molar-refractivity contribution in [3.8, 4) is 11.4 Å². The Morgan fingerprint density at radius 1 is 1.30 bits per heavy atom. The fraction of sp³-hybridized carbons (Fsp3) is 0.533. The van der Waals surface area contributed by atoms with Crippen molar-refractivity contribution < 1.29 is 0 Å². The number of aryl methyl sites for hydroxylation is 2. The third-order valence-corrected chi connectivity index (χ3v) is 3.58. The molecule has 0 unspecified atom stereocenters. The Labute approximate surface area is 119 Å². The van der Waals surface area contributed by atoms with Crippen molar-refractivity contribution in [2.75, 3.05) is 11.9 Å². The zero-order valence-electron chi connectivity index (χ0n) is 12.3. The van der Waals surface area contributed by atoms with Crippen LogP contribution in [0.4, 0.5) is 5.82 Å². The SMILES string of the molecule is CCNc1cc(C2CC2)nc(-c2cn(C)nc2CC)n1. The van der Waals surface area contributed by atoms with Gasteiger partial charge < -0.3 is 5.32 Å². The monoisotopic (exact) mass is 271 g/mol. The normalized spacial score (nSPS) is 14.6. The molecule has 1 aliphatic carbocycles. The summed E-state index contributed by atoms with van der Waals surface area (Å²) in [6, 6.07) is 2.09. The Morgan fingerprint density at radius 3 is 2.75 bits per heavy atom. The van der Waals surface area contributed by atoms with E-state index >= 15 is 0 Å². The lowest BCUT2D eigenvalue weighted by molar-refractivity contribution is 0.746. The van der Waals surface area contributed by atoms with Gasteiger partial charge in [0.25, 0.3) is 0 Å². The first-order chi connectivity index (χ1) is 9.71. The Hall–Kier alpha value is -1.91. The van der Waals surface area contributed by atoms with Gasteiger partial charge in [-0.1, -0.05) is 6.92 Å². The van der Waals surface area contributed by atoms with Gasteiger partial charge in [0, 0.05) is 37.5 Å². The molecule has 0 saturated heterocycles. The summed E-state index contributed by atoms with van der Waals surface area (Å²) >= 11 is 0. The lowest BCUT2D eigenvalue weighted by atomic mass is 10.2. The van der Waals surface area contributed by atoms with Crippen LogP contribution in [-0.4, -0.2) is 26.3 Å². The van der Waals surface area contributed by atoms with Gasteiger partial charge in [-0.25, -0.2) is 9.97 Å². The first-order valence-electron chi connectivity index (χ1n) is 7.37. The van der Waals surface area contributed by atoms with Crippen LogP contribution in [-0.2, 0) is 13.5 Å². The van der Waals surface area contributed by atoms with E-state index in [4.69, 9.17) is 4.98 Å². The van der Waals surface area contributed by atoms with Crippen LogP contribution >= 0.6 is 0 Å². The van der Waals surface area contributed by atoms with Crippen LogP contribution in [0.2, 0.25) is 0 Å².